The lowest BCUT2D eigenvalue weighted by Gasteiger charge is -2.33. The van der Waals surface area contributed by atoms with Crippen molar-refractivity contribution < 1.29 is 4.52 Å². The molecule has 0 aliphatic carbocycles. The van der Waals surface area contributed by atoms with Gasteiger partial charge in [-0.1, -0.05) is 19.0 Å². The Morgan fingerprint density at radius 1 is 1.55 bits per heavy atom. The quantitative estimate of drug-likeness (QED) is 0.679. The number of aromatic nitrogens is 1. The van der Waals surface area contributed by atoms with Gasteiger partial charge in [-0.15, -0.1) is 0 Å². The van der Waals surface area contributed by atoms with E-state index in [0.717, 1.165) is 49.4 Å². The van der Waals surface area contributed by atoms with E-state index in [1.54, 1.807) is 0 Å². The third-order valence-electron chi connectivity index (χ3n) is 3.65. The maximum Gasteiger partial charge on any atom is 0.194 e. The van der Waals surface area contributed by atoms with Crippen LogP contribution >= 0.6 is 0 Å². The van der Waals surface area contributed by atoms with Gasteiger partial charge in [0.1, 0.15) is 6.54 Å². The molecule has 0 bridgehead atoms. The molecule has 0 saturated carbocycles. The lowest BCUT2D eigenvalue weighted by atomic mass is 10.0. The van der Waals surface area contributed by atoms with Crippen molar-refractivity contribution in [2.45, 2.75) is 46.6 Å². The molecule has 1 aliphatic rings. The molecule has 2 rings (SSSR count). The van der Waals surface area contributed by atoms with Gasteiger partial charge >= 0.3 is 0 Å². The Morgan fingerprint density at radius 3 is 3.05 bits per heavy atom. The summed E-state index contributed by atoms with van der Waals surface area (Å²) < 4.78 is 5.29. The largest absolute Gasteiger partial charge is 0.359 e. The fraction of sp³-hybridized carbons (Fsp3) is 0.733. The highest BCUT2D eigenvalue weighted by Gasteiger charge is 2.19. The molecule has 0 aromatic carbocycles. The highest BCUT2D eigenvalue weighted by molar-refractivity contribution is 5.80. The predicted octanol–water partition coefficient (Wildman–Crippen LogP) is 2.43. The molecule has 1 unspecified atom stereocenters. The molecule has 5 nitrogen and oxygen atoms in total. The summed E-state index contributed by atoms with van der Waals surface area (Å²) in [6, 6.07) is 1.99. The van der Waals surface area contributed by atoms with Crippen LogP contribution in [0.4, 0.5) is 0 Å². The molecule has 1 atom stereocenters. The Bertz CT molecular complexity index is 441. The molecule has 20 heavy (non-hydrogen) atoms. The molecule has 1 aromatic rings. The summed E-state index contributed by atoms with van der Waals surface area (Å²) in [5, 5.41) is 7.38. The fourth-order valence-electron chi connectivity index (χ4n) is 2.56. The Balaban J connectivity index is 2.01. The minimum atomic E-state index is 0.556. The van der Waals surface area contributed by atoms with E-state index in [2.05, 4.69) is 41.1 Å². The van der Waals surface area contributed by atoms with E-state index in [9.17, 15) is 0 Å². The van der Waals surface area contributed by atoms with E-state index in [1.807, 2.05) is 6.07 Å². The molecule has 0 radical (unpaired) electrons. The van der Waals surface area contributed by atoms with Crippen LogP contribution in [-0.4, -0.2) is 35.7 Å². The Morgan fingerprint density at radius 2 is 2.40 bits per heavy atom. The molecular weight excluding hydrogens is 252 g/mol. The molecule has 1 N–H and O–H groups in total. The number of piperidine rings is 1. The zero-order valence-corrected chi connectivity index (χ0v) is 12.9. The first-order valence-corrected chi connectivity index (χ1v) is 7.70. The van der Waals surface area contributed by atoms with Crippen molar-refractivity contribution in [1.82, 2.24) is 15.4 Å². The van der Waals surface area contributed by atoms with Crippen molar-refractivity contribution in [2.75, 3.05) is 19.6 Å². The van der Waals surface area contributed by atoms with Gasteiger partial charge in [-0.3, -0.25) is 0 Å². The highest BCUT2D eigenvalue weighted by atomic mass is 16.5. The highest BCUT2D eigenvalue weighted by Crippen LogP contribution is 2.15. The summed E-state index contributed by atoms with van der Waals surface area (Å²) in [5.74, 6) is 2.57. The van der Waals surface area contributed by atoms with Crippen molar-refractivity contribution >= 4 is 5.96 Å². The minimum Gasteiger partial charge on any atom is -0.359 e. The van der Waals surface area contributed by atoms with Crippen LogP contribution in [0.15, 0.2) is 15.6 Å². The molecule has 2 heterocycles. The molecule has 1 aromatic heterocycles. The van der Waals surface area contributed by atoms with Crippen LogP contribution in [-0.2, 0) is 13.0 Å². The van der Waals surface area contributed by atoms with E-state index >= 15 is 0 Å². The van der Waals surface area contributed by atoms with E-state index in [4.69, 9.17) is 4.52 Å². The molecule has 0 amide bonds. The molecule has 112 valence electrons. The van der Waals surface area contributed by atoms with Crippen molar-refractivity contribution in [3.05, 3.63) is 17.5 Å². The van der Waals surface area contributed by atoms with Crippen molar-refractivity contribution in [2.24, 2.45) is 10.9 Å². The van der Waals surface area contributed by atoms with Crippen LogP contribution in [0, 0.1) is 5.92 Å². The van der Waals surface area contributed by atoms with Crippen LogP contribution in [0.25, 0.3) is 0 Å². The Kier molecular flexibility index (Phi) is 5.44. The molecule has 1 saturated heterocycles. The van der Waals surface area contributed by atoms with Gasteiger partial charge in [-0.2, -0.15) is 0 Å². The number of likely N-dealkylation sites (tertiary alicyclic amines) is 1. The summed E-state index contributed by atoms with van der Waals surface area (Å²) in [4.78, 5) is 7.04. The van der Waals surface area contributed by atoms with Crippen LogP contribution in [0.3, 0.4) is 0 Å². The van der Waals surface area contributed by atoms with Crippen molar-refractivity contribution in [3.63, 3.8) is 0 Å². The van der Waals surface area contributed by atoms with E-state index < -0.39 is 0 Å². The zero-order chi connectivity index (χ0) is 14.4. The summed E-state index contributed by atoms with van der Waals surface area (Å²) in [6.07, 6.45) is 3.46. The summed E-state index contributed by atoms with van der Waals surface area (Å²) in [5.41, 5.74) is 0.992. The number of hydrogen-bond acceptors (Lipinski definition) is 3. The van der Waals surface area contributed by atoms with E-state index in [-0.39, 0.29) is 0 Å². The average Bonchev–Trinajstić information content (AvgIpc) is 2.91. The van der Waals surface area contributed by atoms with Gasteiger partial charge < -0.3 is 14.7 Å². The monoisotopic (exact) mass is 278 g/mol. The summed E-state index contributed by atoms with van der Waals surface area (Å²) >= 11 is 0. The first-order valence-electron chi connectivity index (χ1n) is 7.70. The maximum atomic E-state index is 5.29. The fourth-order valence-corrected chi connectivity index (χ4v) is 2.56. The van der Waals surface area contributed by atoms with Crippen LogP contribution in [0.5, 0.6) is 0 Å². The second-order valence-corrected chi connectivity index (χ2v) is 5.50. The minimum absolute atomic E-state index is 0.556. The number of nitrogens with zero attached hydrogens (tertiary/aromatic N) is 3. The smallest absolute Gasteiger partial charge is 0.194 e. The Labute approximate surface area is 121 Å². The van der Waals surface area contributed by atoms with Gasteiger partial charge in [0, 0.05) is 25.7 Å². The van der Waals surface area contributed by atoms with Crippen LogP contribution in [0.2, 0.25) is 0 Å². The molecule has 5 heteroatoms. The van der Waals surface area contributed by atoms with E-state index in [1.165, 1.54) is 12.8 Å². The van der Waals surface area contributed by atoms with Crippen LogP contribution < -0.4 is 5.32 Å². The number of nitrogens with one attached hydrogen (secondary N) is 1. The third-order valence-corrected chi connectivity index (χ3v) is 3.65. The zero-order valence-electron chi connectivity index (χ0n) is 12.9. The summed E-state index contributed by atoms with van der Waals surface area (Å²) in [7, 11) is 0. The number of aryl methyl sites for hydroxylation is 1. The summed E-state index contributed by atoms with van der Waals surface area (Å²) in [6.45, 7) is 10.1. The standard InChI is InChI=1S/C15H26N4O/c1-4-13-9-14(20-18-13)10-17-15(16-5-2)19-8-6-7-12(3)11-19/h9,12H,4-8,10-11H2,1-3H3,(H,16,17). The van der Waals surface area contributed by atoms with Crippen molar-refractivity contribution in [3.8, 4) is 0 Å². The number of hydrogen-bond donors (Lipinski definition) is 1. The van der Waals surface area contributed by atoms with E-state index in [0.29, 0.717) is 6.54 Å². The molecule has 0 spiro atoms. The van der Waals surface area contributed by atoms with Crippen LogP contribution in [0.1, 0.15) is 45.1 Å². The number of rotatable bonds is 4. The second-order valence-electron chi connectivity index (χ2n) is 5.50. The van der Waals surface area contributed by atoms with Gasteiger partial charge in [0.25, 0.3) is 0 Å². The predicted molar refractivity (Wildman–Crippen MR) is 80.7 cm³/mol. The molecule has 1 fully saturated rings. The maximum absolute atomic E-state index is 5.29. The Hall–Kier alpha value is -1.52. The van der Waals surface area contributed by atoms with Gasteiger partial charge in [0.15, 0.2) is 11.7 Å². The molecular formula is C15H26N4O. The normalized spacial score (nSPS) is 20.2. The van der Waals surface area contributed by atoms with Gasteiger partial charge in [0.05, 0.1) is 5.69 Å². The third kappa shape index (κ3) is 3.99. The number of guanidine groups is 1. The first-order chi connectivity index (χ1) is 9.72. The van der Waals surface area contributed by atoms with Gasteiger partial charge in [0.2, 0.25) is 0 Å². The van der Waals surface area contributed by atoms with Crippen molar-refractivity contribution in [1.29, 1.82) is 0 Å². The lowest BCUT2D eigenvalue weighted by molar-refractivity contribution is 0.265. The number of aliphatic imine (C=N–C) groups is 1. The topological polar surface area (TPSA) is 53.7 Å². The average molecular weight is 278 g/mol. The van der Waals surface area contributed by atoms with Gasteiger partial charge in [-0.05, 0) is 32.1 Å². The second kappa shape index (κ2) is 7.31. The molecule has 1 aliphatic heterocycles. The first kappa shape index (κ1) is 14.9. The SMILES string of the molecule is CCNC(=NCc1cc(CC)no1)N1CCCC(C)C1. The lowest BCUT2D eigenvalue weighted by Crippen LogP contribution is -2.46. The van der Waals surface area contributed by atoms with Gasteiger partial charge in [-0.25, -0.2) is 4.99 Å².